The average Bonchev–Trinajstić information content (AvgIpc) is 2.95. The van der Waals surface area contributed by atoms with Gasteiger partial charge in [0, 0.05) is 56.3 Å². The third kappa shape index (κ3) is 5.54. The van der Waals surface area contributed by atoms with Crippen LogP contribution in [0.4, 0.5) is 11.4 Å². The van der Waals surface area contributed by atoms with E-state index in [1.807, 2.05) is 79.4 Å². The third-order valence-corrected chi connectivity index (χ3v) is 8.05. The number of carboxylic acids is 2. The van der Waals surface area contributed by atoms with E-state index in [0.717, 1.165) is 48.7 Å². The maximum Gasteiger partial charge on any atom is 0.334 e. The van der Waals surface area contributed by atoms with Gasteiger partial charge in [-0.3, -0.25) is 4.79 Å². The van der Waals surface area contributed by atoms with Crippen molar-refractivity contribution in [1.82, 2.24) is 4.90 Å². The Morgan fingerprint density at radius 1 is 0.667 bits per heavy atom. The lowest BCUT2D eigenvalue weighted by atomic mass is 9.60. The highest BCUT2D eigenvalue weighted by molar-refractivity contribution is 5.97. The third-order valence-electron chi connectivity index (χ3n) is 8.05. The molecular formula is C32H43N3O4. The highest BCUT2D eigenvalue weighted by Crippen LogP contribution is 2.49. The van der Waals surface area contributed by atoms with Gasteiger partial charge in [-0.15, -0.1) is 0 Å². The molecule has 1 unspecified atom stereocenters. The Balaban J connectivity index is 2.34. The standard InChI is InChI=1S/C32H43N3O4/c1-7-33(8-2)25-17-13-23(14-18-25)32(24-15-19-26(20-16-24)34(9-3)10-4)22-21-27(35(11-5)12-6)28(30(36)37)29(32)31(38)39/h13-22,29H,7-12H2,1-6H3,(H,36,37)(H,38,39). The molecule has 210 valence electrons. The number of anilines is 2. The van der Waals surface area contributed by atoms with E-state index in [2.05, 4.69) is 37.5 Å². The van der Waals surface area contributed by atoms with Crippen molar-refractivity contribution in [1.29, 1.82) is 0 Å². The molecule has 2 N–H and O–H groups in total. The lowest BCUT2D eigenvalue weighted by Gasteiger charge is -2.42. The summed E-state index contributed by atoms with van der Waals surface area (Å²) in [5.74, 6) is -3.70. The van der Waals surface area contributed by atoms with Crippen LogP contribution in [0.2, 0.25) is 0 Å². The highest BCUT2D eigenvalue weighted by Gasteiger charge is 2.51. The van der Waals surface area contributed by atoms with Crippen LogP contribution in [0.3, 0.4) is 0 Å². The summed E-state index contributed by atoms with van der Waals surface area (Å²) in [5, 5.41) is 21.2. The summed E-state index contributed by atoms with van der Waals surface area (Å²) in [6, 6.07) is 15.8. The van der Waals surface area contributed by atoms with Gasteiger partial charge in [0.15, 0.2) is 0 Å². The molecule has 0 radical (unpaired) electrons. The van der Waals surface area contributed by atoms with E-state index in [0.29, 0.717) is 18.8 Å². The summed E-state index contributed by atoms with van der Waals surface area (Å²) >= 11 is 0. The van der Waals surface area contributed by atoms with E-state index in [1.165, 1.54) is 0 Å². The lowest BCUT2D eigenvalue weighted by molar-refractivity contribution is -0.145. The molecule has 1 aliphatic rings. The molecule has 0 bridgehead atoms. The first-order valence-corrected chi connectivity index (χ1v) is 14.1. The van der Waals surface area contributed by atoms with Gasteiger partial charge in [-0.1, -0.05) is 30.3 Å². The van der Waals surface area contributed by atoms with Gasteiger partial charge in [0.25, 0.3) is 0 Å². The van der Waals surface area contributed by atoms with Gasteiger partial charge in [0.1, 0.15) is 5.92 Å². The summed E-state index contributed by atoms with van der Waals surface area (Å²) in [7, 11) is 0. The van der Waals surface area contributed by atoms with Crippen LogP contribution >= 0.6 is 0 Å². The number of hydrogen-bond acceptors (Lipinski definition) is 5. The minimum absolute atomic E-state index is 0.0886. The number of aliphatic carboxylic acids is 2. The zero-order valence-electron chi connectivity index (χ0n) is 24.1. The van der Waals surface area contributed by atoms with Crippen molar-refractivity contribution in [3.8, 4) is 0 Å². The smallest absolute Gasteiger partial charge is 0.334 e. The molecule has 7 heteroatoms. The van der Waals surface area contributed by atoms with E-state index in [9.17, 15) is 19.8 Å². The molecule has 0 aliphatic heterocycles. The van der Waals surface area contributed by atoms with Crippen molar-refractivity contribution >= 4 is 23.3 Å². The van der Waals surface area contributed by atoms with Crippen molar-refractivity contribution in [3.05, 3.63) is 83.1 Å². The van der Waals surface area contributed by atoms with Crippen molar-refractivity contribution in [2.75, 3.05) is 49.1 Å². The first-order valence-electron chi connectivity index (χ1n) is 14.1. The Morgan fingerprint density at radius 2 is 1.05 bits per heavy atom. The normalized spacial score (nSPS) is 16.2. The highest BCUT2D eigenvalue weighted by atomic mass is 16.4. The first kappa shape index (κ1) is 29.8. The molecule has 0 saturated heterocycles. The van der Waals surface area contributed by atoms with Crippen LogP contribution in [0.25, 0.3) is 0 Å². The molecule has 0 amide bonds. The molecule has 7 nitrogen and oxygen atoms in total. The van der Waals surface area contributed by atoms with E-state index in [1.54, 1.807) is 0 Å². The maximum absolute atomic E-state index is 13.1. The van der Waals surface area contributed by atoms with Crippen LogP contribution in [0, 0.1) is 5.92 Å². The second-order valence-electron chi connectivity index (χ2n) is 9.69. The number of likely N-dealkylation sites (N-methyl/N-ethyl adjacent to an activating group) is 1. The fourth-order valence-electron chi connectivity index (χ4n) is 5.93. The van der Waals surface area contributed by atoms with Crippen LogP contribution in [-0.2, 0) is 15.0 Å². The topological polar surface area (TPSA) is 84.3 Å². The van der Waals surface area contributed by atoms with E-state index in [-0.39, 0.29) is 5.57 Å². The van der Waals surface area contributed by atoms with Crippen LogP contribution in [0.5, 0.6) is 0 Å². The van der Waals surface area contributed by atoms with Crippen molar-refractivity contribution in [2.45, 2.75) is 47.0 Å². The molecule has 0 fully saturated rings. The van der Waals surface area contributed by atoms with E-state index in [4.69, 9.17) is 0 Å². The number of hydrogen-bond donors (Lipinski definition) is 2. The molecule has 2 aromatic carbocycles. The number of carbonyl (C=O) groups is 2. The number of carboxylic acid groups (broad SMARTS) is 2. The van der Waals surface area contributed by atoms with Gasteiger partial charge in [-0.2, -0.15) is 0 Å². The van der Waals surface area contributed by atoms with Crippen molar-refractivity contribution in [3.63, 3.8) is 0 Å². The van der Waals surface area contributed by atoms with Crippen LogP contribution in [0.1, 0.15) is 52.7 Å². The minimum Gasteiger partial charge on any atom is -0.481 e. The summed E-state index contributed by atoms with van der Waals surface area (Å²) in [6.07, 6.45) is 3.72. The zero-order chi connectivity index (χ0) is 28.7. The monoisotopic (exact) mass is 533 g/mol. The van der Waals surface area contributed by atoms with E-state index < -0.39 is 23.3 Å². The van der Waals surface area contributed by atoms with Gasteiger partial charge < -0.3 is 24.9 Å². The fourth-order valence-corrected chi connectivity index (χ4v) is 5.93. The summed E-state index contributed by atoms with van der Waals surface area (Å²) in [5.41, 5.74) is 2.73. The molecule has 39 heavy (non-hydrogen) atoms. The predicted octanol–water partition coefficient (Wildman–Crippen LogP) is 5.62. The molecule has 1 aliphatic carbocycles. The molecule has 0 heterocycles. The van der Waals surface area contributed by atoms with Crippen LogP contribution in [-0.4, -0.2) is 66.3 Å². The molecule has 0 spiro atoms. The quantitative estimate of drug-likeness (QED) is 0.346. The second-order valence-corrected chi connectivity index (χ2v) is 9.69. The van der Waals surface area contributed by atoms with Crippen LogP contribution < -0.4 is 9.80 Å². The van der Waals surface area contributed by atoms with E-state index >= 15 is 0 Å². The van der Waals surface area contributed by atoms with Gasteiger partial charge in [-0.25, -0.2) is 4.79 Å². The van der Waals surface area contributed by atoms with Gasteiger partial charge in [0.05, 0.1) is 11.0 Å². The predicted molar refractivity (Wildman–Crippen MR) is 159 cm³/mol. The average molecular weight is 534 g/mol. The molecule has 0 saturated carbocycles. The molecule has 0 aromatic heterocycles. The minimum atomic E-state index is -1.32. The van der Waals surface area contributed by atoms with Gasteiger partial charge in [0.2, 0.25) is 0 Å². The largest absolute Gasteiger partial charge is 0.481 e. The van der Waals surface area contributed by atoms with Crippen molar-refractivity contribution < 1.29 is 19.8 Å². The summed E-state index contributed by atoms with van der Waals surface area (Å²) in [6.45, 7) is 16.8. The number of nitrogens with zero attached hydrogens (tertiary/aromatic N) is 3. The first-order chi connectivity index (χ1) is 18.7. The summed E-state index contributed by atoms with van der Waals surface area (Å²) in [4.78, 5) is 32.3. The maximum atomic E-state index is 13.1. The number of benzene rings is 2. The fraction of sp³-hybridized carbons (Fsp3) is 0.438. The molecular weight excluding hydrogens is 490 g/mol. The second kappa shape index (κ2) is 12.9. The molecule has 3 rings (SSSR count). The Morgan fingerprint density at radius 3 is 1.36 bits per heavy atom. The Labute approximate surface area is 233 Å². The number of rotatable bonds is 13. The van der Waals surface area contributed by atoms with Crippen molar-refractivity contribution in [2.24, 2.45) is 5.92 Å². The Bertz CT molecular complexity index is 1130. The SMILES string of the molecule is CCN(CC)C1=C(C(=O)O)C(C(=O)O)C(c2ccc(N(CC)CC)cc2)(c2ccc(N(CC)CC)cc2)C=C1. The van der Waals surface area contributed by atoms with Gasteiger partial charge >= 0.3 is 11.9 Å². The Kier molecular flexibility index (Phi) is 9.84. The zero-order valence-corrected chi connectivity index (χ0v) is 24.1. The number of allylic oxidation sites excluding steroid dienone is 2. The molecule has 2 aromatic rings. The Hall–Kier alpha value is -3.74. The van der Waals surface area contributed by atoms with Crippen LogP contribution in [0.15, 0.2) is 72.0 Å². The summed E-state index contributed by atoms with van der Waals surface area (Å²) < 4.78 is 0. The lowest BCUT2D eigenvalue weighted by Crippen LogP contribution is -2.46. The molecule has 1 atom stereocenters. The van der Waals surface area contributed by atoms with Gasteiger partial charge in [-0.05, 0) is 83.0 Å².